The Morgan fingerprint density at radius 3 is 2.63 bits per heavy atom. The Hall–Kier alpha value is -1.22. The minimum Gasteiger partial charge on any atom is -0.494 e. The van der Waals surface area contributed by atoms with Crippen LogP contribution in [0.5, 0.6) is 5.75 Å². The van der Waals surface area contributed by atoms with Crippen molar-refractivity contribution in [3.8, 4) is 5.75 Å². The third-order valence-corrected chi connectivity index (χ3v) is 3.71. The fourth-order valence-corrected chi connectivity index (χ4v) is 2.57. The smallest absolute Gasteiger partial charge is 0.124 e. The van der Waals surface area contributed by atoms with Crippen LogP contribution in [0.15, 0.2) is 18.2 Å². The number of benzene rings is 1. The highest BCUT2D eigenvalue weighted by atomic mass is 16.5. The molecule has 1 atom stereocenters. The van der Waals surface area contributed by atoms with Gasteiger partial charge in [-0.2, -0.15) is 0 Å². The van der Waals surface area contributed by atoms with E-state index >= 15 is 0 Å². The summed E-state index contributed by atoms with van der Waals surface area (Å²) >= 11 is 0. The second-order valence-corrected chi connectivity index (χ2v) is 5.67. The Morgan fingerprint density at radius 2 is 2.11 bits per heavy atom. The van der Waals surface area contributed by atoms with E-state index in [0.29, 0.717) is 18.6 Å². The Balaban J connectivity index is 2.11. The van der Waals surface area contributed by atoms with Gasteiger partial charge in [0.15, 0.2) is 0 Å². The van der Waals surface area contributed by atoms with Crippen LogP contribution in [0.1, 0.15) is 39.2 Å². The summed E-state index contributed by atoms with van der Waals surface area (Å²) in [7, 11) is 0. The van der Waals surface area contributed by atoms with Crippen molar-refractivity contribution in [1.82, 2.24) is 0 Å². The number of hydrogen-bond acceptors (Lipinski definition) is 3. The van der Waals surface area contributed by atoms with E-state index in [1.807, 2.05) is 25.1 Å². The molecule has 19 heavy (non-hydrogen) atoms. The molecule has 3 heteroatoms. The summed E-state index contributed by atoms with van der Waals surface area (Å²) in [6.07, 6.45) is 2.67. The summed E-state index contributed by atoms with van der Waals surface area (Å²) in [4.78, 5) is 0. The zero-order valence-corrected chi connectivity index (χ0v) is 12.1. The fraction of sp³-hybridized carbons (Fsp3) is 0.625. The van der Waals surface area contributed by atoms with Crippen molar-refractivity contribution in [2.75, 3.05) is 11.9 Å². The number of rotatable bonds is 7. The quantitative estimate of drug-likeness (QED) is 0.792. The fourth-order valence-electron chi connectivity index (χ4n) is 2.57. The highest BCUT2D eigenvalue weighted by Gasteiger charge is 2.33. The zero-order valence-electron chi connectivity index (χ0n) is 12.1. The minimum atomic E-state index is 0.0145. The lowest BCUT2D eigenvalue weighted by molar-refractivity contribution is 0.267. The molecule has 1 aromatic rings. The lowest BCUT2D eigenvalue weighted by Crippen LogP contribution is -2.27. The molecule has 1 aliphatic carbocycles. The lowest BCUT2D eigenvalue weighted by atomic mass is 9.99. The average Bonchev–Trinajstić information content (AvgIpc) is 3.21. The molecule has 0 amide bonds. The first-order valence-corrected chi connectivity index (χ1v) is 7.28. The number of aliphatic hydroxyl groups is 1. The van der Waals surface area contributed by atoms with Gasteiger partial charge >= 0.3 is 0 Å². The highest BCUT2D eigenvalue weighted by Crippen LogP contribution is 2.37. The Bertz CT molecular complexity index is 411. The molecule has 0 radical (unpaired) electrons. The first kappa shape index (κ1) is 14.2. The van der Waals surface area contributed by atoms with Gasteiger partial charge in [0.25, 0.3) is 0 Å². The van der Waals surface area contributed by atoms with E-state index in [1.54, 1.807) is 0 Å². The zero-order chi connectivity index (χ0) is 13.8. The van der Waals surface area contributed by atoms with Gasteiger partial charge in [0.2, 0.25) is 0 Å². The molecule has 1 aromatic carbocycles. The maximum atomic E-state index is 9.43. The van der Waals surface area contributed by atoms with E-state index in [4.69, 9.17) is 4.74 Å². The summed E-state index contributed by atoms with van der Waals surface area (Å²) < 4.78 is 5.51. The number of ether oxygens (including phenoxy) is 1. The number of anilines is 1. The second kappa shape index (κ2) is 6.29. The van der Waals surface area contributed by atoms with E-state index in [9.17, 15) is 5.11 Å². The molecule has 2 rings (SSSR count). The highest BCUT2D eigenvalue weighted by molar-refractivity contribution is 5.52. The molecule has 0 aromatic heterocycles. The van der Waals surface area contributed by atoms with Crippen molar-refractivity contribution in [1.29, 1.82) is 0 Å². The molecule has 106 valence electrons. The maximum absolute atomic E-state index is 9.43. The SMILES string of the molecule is CCOc1ccc(NC(C(C)C)C2CC2)cc1CO. The standard InChI is InChI=1S/C16H25NO2/c1-4-19-15-8-7-14(9-13(15)10-18)17-16(11(2)3)12-5-6-12/h7-9,11-12,16-18H,4-6,10H2,1-3H3. The largest absolute Gasteiger partial charge is 0.494 e. The molecular formula is C16H25NO2. The number of aliphatic hydroxyl groups excluding tert-OH is 1. The predicted octanol–water partition coefficient (Wildman–Crippen LogP) is 3.42. The van der Waals surface area contributed by atoms with Gasteiger partial charge in [0, 0.05) is 17.3 Å². The lowest BCUT2D eigenvalue weighted by Gasteiger charge is -2.24. The molecule has 1 saturated carbocycles. The molecule has 0 bridgehead atoms. The first-order chi connectivity index (χ1) is 9.15. The van der Waals surface area contributed by atoms with Crippen molar-refractivity contribution in [3.63, 3.8) is 0 Å². The Kier molecular flexibility index (Phi) is 4.70. The molecule has 0 spiro atoms. The van der Waals surface area contributed by atoms with Gasteiger partial charge in [-0.1, -0.05) is 13.8 Å². The van der Waals surface area contributed by atoms with Gasteiger partial charge in [-0.25, -0.2) is 0 Å². The molecule has 0 aliphatic heterocycles. The van der Waals surface area contributed by atoms with Crippen molar-refractivity contribution in [2.24, 2.45) is 11.8 Å². The Morgan fingerprint density at radius 1 is 1.37 bits per heavy atom. The average molecular weight is 263 g/mol. The van der Waals surface area contributed by atoms with Crippen LogP contribution >= 0.6 is 0 Å². The van der Waals surface area contributed by atoms with Crippen LogP contribution in [0.25, 0.3) is 0 Å². The van der Waals surface area contributed by atoms with E-state index in [-0.39, 0.29) is 6.61 Å². The second-order valence-electron chi connectivity index (χ2n) is 5.67. The molecular weight excluding hydrogens is 238 g/mol. The predicted molar refractivity (Wildman–Crippen MR) is 78.5 cm³/mol. The van der Waals surface area contributed by atoms with Crippen LogP contribution in [0, 0.1) is 11.8 Å². The van der Waals surface area contributed by atoms with E-state index in [1.165, 1.54) is 12.8 Å². The summed E-state index contributed by atoms with van der Waals surface area (Å²) in [6.45, 7) is 7.11. The van der Waals surface area contributed by atoms with Gasteiger partial charge in [-0.15, -0.1) is 0 Å². The molecule has 3 nitrogen and oxygen atoms in total. The number of nitrogens with one attached hydrogen (secondary N) is 1. The summed E-state index contributed by atoms with van der Waals surface area (Å²) in [5, 5.41) is 13.0. The van der Waals surface area contributed by atoms with E-state index in [2.05, 4.69) is 19.2 Å². The topological polar surface area (TPSA) is 41.5 Å². The van der Waals surface area contributed by atoms with Gasteiger partial charge in [0.1, 0.15) is 5.75 Å². The third kappa shape index (κ3) is 3.63. The van der Waals surface area contributed by atoms with Crippen molar-refractivity contribution < 1.29 is 9.84 Å². The van der Waals surface area contributed by atoms with Gasteiger partial charge in [0.05, 0.1) is 13.2 Å². The van der Waals surface area contributed by atoms with Crippen LogP contribution in [-0.2, 0) is 6.61 Å². The van der Waals surface area contributed by atoms with Crippen LogP contribution in [0.4, 0.5) is 5.69 Å². The monoisotopic (exact) mass is 263 g/mol. The molecule has 1 unspecified atom stereocenters. The molecule has 1 fully saturated rings. The van der Waals surface area contributed by atoms with Gasteiger partial charge < -0.3 is 15.2 Å². The van der Waals surface area contributed by atoms with Crippen LogP contribution in [-0.4, -0.2) is 17.8 Å². The van der Waals surface area contributed by atoms with E-state index in [0.717, 1.165) is 22.9 Å². The minimum absolute atomic E-state index is 0.0145. The summed E-state index contributed by atoms with van der Waals surface area (Å²) in [5.74, 6) is 2.21. The summed E-state index contributed by atoms with van der Waals surface area (Å²) in [5.41, 5.74) is 1.93. The van der Waals surface area contributed by atoms with Gasteiger partial charge in [-0.3, -0.25) is 0 Å². The third-order valence-electron chi connectivity index (χ3n) is 3.71. The molecule has 0 heterocycles. The maximum Gasteiger partial charge on any atom is 0.124 e. The molecule has 1 aliphatic rings. The van der Waals surface area contributed by atoms with Crippen LogP contribution in [0.3, 0.4) is 0 Å². The van der Waals surface area contributed by atoms with Crippen LogP contribution < -0.4 is 10.1 Å². The van der Waals surface area contributed by atoms with Crippen LogP contribution in [0.2, 0.25) is 0 Å². The molecule has 2 N–H and O–H groups in total. The van der Waals surface area contributed by atoms with Gasteiger partial charge in [-0.05, 0) is 49.8 Å². The van der Waals surface area contributed by atoms with E-state index < -0.39 is 0 Å². The van der Waals surface area contributed by atoms with Crippen molar-refractivity contribution in [2.45, 2.75) is 46.3 Å². The first-order valence-electron chi connectivity index (χ1n) is 7.28. The van der Waals surface area contributed by atoms with Crippen molar-refractivity contribution in [3.05, 3.63) is 23.8 Å². The Labute approximate surface area is 116 Å². The molecule has 0 saturated heterocycles. The normalized spacial score (nSPS) is 16.5. The number of hydrogen-bond donors (Lipinski definition) is 2. The van der Waals surface area contributed by atoms with Crippen molar-refractivity contribution >= 4 is 5.69 Å². The summed E-state index contributed by atoms with van der Waals surface area (Å²) in [6, 6.07) is 6.52.